The van der Waals surface area contributed by atoms with Crippen molar-refractivity contribution in [2.24, 2.45) is 5.10 Å². The van der Waals surface area contributed by atoms with Gasteiger partial charge in [0.25, 0.3) is 5.78 Å². The number of Topliss-reactive ketones (excluding diaryl/α,β-unsaturated/α-hetero) is 1. The van der Waals surface area contributed by atoms with E-state index in [4.69, 9.17) is 0 Å². The Hall–Kier alpha value is -2.50. The Morgan fingerprint density at radius 1 is 1.24 bits per heavy atom. The first-order chi connectivity index (χ1) is 8.09. The second-order valence-electron chi connectivity index (χ2n) is 3.41. The third-order valence-electron chi connectivity index (χ3n) is 2.10. The van der Waals surface area contributed by atoms with Gasteiger partial charge >= 0.3 is 5.91 Å². The van der Waals surface area contributed by atoms with Crippen molar-refractivity contribution < 1.29 is 14.4 Å². The van der Waals surface area contributed by atoms with E-state index in [0.717, 1.165) is 5.01 Å². The highest BCUT2D eigenvalue weighted by atomic mass is 16.2. The zero-order valence-electron chi connectivity index (χ0n) is 9.01. The summed E-state index contributed by atoms with van der Waals surface area (Å²) < 4.78 is 0. The predicted octanol–water partition coefficient (Wildman–Crippen LogP) is 0.0519. The third-order valence-corrected chi connectivity index (χ3v) is 2.10. The SMILES string of the molecule is CC(=O)NC1=NN(c2ccccc2)C(=O)C1=O. The van der Waals surface area contributed by atoms with Crippen LogP contribution in [-0.2, 0) is 14.4 Å². The average Bonchev–Trinajstić information content (AvgIpc) is 2.58. The molecule has 0 fully saturated rings. The molecule has 0 radical (unpaired) electrons. The van der Waals surface area contributed by atoms with Gasteiger partial charge in [0.05, 0.1) is 5.69 Å². The summed E-state index contributed by atoms with van der Waals surface area (Å²) in [4.78, 5) is 33.9. The van der Waals surface area contributed by atoms with Gasteiger partial charge in [-0.2, -0.15) is 5.01 Å². The molecule has 0 bridgehead atoms. The first kappa shape index (κ1) is 11.0. The highest BCUT2D eigenvalue weighted by molar-refractivity contribution is 6.69. The fourth-order valence-corrected chi connectivity index (χ4v) is 1.38. The lowest BCUT2D eigenvalue weighted by Crippen LogP contribution is -2.35. The van der Waals surface area contributed by atoms with Crippen molar-refractivity contribution in [2.75, 3.05) is 5.01 Å². The lowest BCUT2D eigenvalue weighted by Gasteiger charge is -2.09. The van der Waals surface area contributed by atoms with Crippen LogP contribution in [0.1, 0.15) is 6.92 Å². The number of hydrogen-bond donors (Lipinski definition) is 1. The Morgan fingerprint density at radius 2 is 1.88 bits per heavy atom. The molecule has 1 aromatic rings. The van der Waals surface area contributed by atoms with Crippen LogP contribution >= 0.6 is 0 Å². The van der Waals surface area contributed by atoms with Crippen molar-refractivity contribution in [3.05, 3.63) is 30.3 Å². The summed E-state index contributed by atoms with van der Waals surface area (Å²) in [5.41, 5.74) is 0.478. The highest BCUT2D eigenvalue weighted by Crippen LogP contribution is 2.17. The predicted molar refractivity (Wildman–Crippen MR) is 60.2 cm³/mol. The van der Waals surface area contributed by atoms with Gasteiger partial charge in [0.2, 0.25) is 11.7 Å². The van der Waals surface area contributed by atoms with Gasteiger partial charge in [-0.3, -0.25) is 14.4 Å². The summed E-state index contributed by atoms with van der Waals surface area (Å²) >= 11 is 0. The maximum absolute atomic E-state index is 11.6. The van der Waals surface area contributed by atoms with Crippen LogP contribution in [0.4, 0.5) is 5.69 Å². The van der Waals surface area contributed by atoms with Crippen molar-refractivity contribution >= 4 is 29.1 Å². The number of hydrazone groups is 1. The van der Waals surface area contributed by atoms with Crippen molar-refractivity contribution in [3.63, 3.8) is 0 Å². The zero-order valence-corrected chi connectivity index (χ0v) is 9.01. The molecule has 0 spiro atoms. The number of benzene rings is 1. The number of nitrogens with one attached hydrogen (secondary N) is 1. The number of nitrogens with zero attached hydrogens (tertiary/aromatic N) is 2. The second kappa shape index (κ2) is 4.17. The van der Waals surface area contributed by atoms with E-state index in [1.54, 1.807) is 30.3 Å². The van der Waals surface area contributed by atoms with Gasteiger partial charge in [0.1, 0.15) is 0 Å². The molecule has 1 aliphatic rings. The van der Waals surface area contributed by atoms with Gasteiger partial charge in [0, 0.05) is 6.92 Å². The topological polar surface area (TPSA) is 78.8 Å². The summed E-state index contributed by atoms with van der Waals surface area (Å²) in [5.74, 6) is -2.28. The van der Waals surface area contributed by atoms with Crippen LogP contribution in [0.5, 0.6) is 0 Å². The minimum atomic E-state index is -0.816. The van der Waals surface area contributed by atoms with Crippen molar-refractivity contribution in [2.45, 2.75) is 6.92 Å². The van der Waals surface area contributed by atoms with Crippen molar-refractivity contribution in [1.29, 1.82) is 0 Å². The van der Waals surface area contributed by atoms with Crippen molar-refractivity contribution in [1.82, 2.24) is 5.32 Å². The summed E-state index contributed by atoms with van der Waals surface area (Å²) in [7, 11) is 0. The van der Waals surface area contributed by atoms with E-state index in [2.05, 4.69) is 10.4 Å². The van der Waals surface area contributed by atoms with Crippen molar-refractivity contribution in [3.8, 4) is 0 Å². The molecule has 0 saturated heterocycles. The number of carbonyl (C=O) groups excluding carboxylic acids is 3. The quantitative estimate of drug-likeness (QED) is 0.694. The first-order valence-electron chi connectivity index (χ1n) is 4.89. The van der Waals surface area contributed by atoms with E-state index in [1.807, 2.05) is 0 Å². The lowest BCUT2D eigenvalue weighted by atomic mass is 10.3. The van der Waals surface area contributed by atoms with Crippen LogP contribution < -0.4 is 10.3 Å². The Balaban J connectivity index is 2.32. The number of rotatable bonds is 1. The van der Waals surface area contributed by atoms with Gasteiger partial charge in [-0.25, -0.2) is 0 Å². The molecule has 17 heavy (non-hydrogen) atoms. The Morgan fingerprint density at radius 3 is 2.47 bits per heavy atom. The molecule has 1 aliphatic heterocycles. The monoisotopic (exact) mass is 231 g/mol. The fourth-order valence-electron chi connectivity index (χ4n) is 1.38. The molecule has 6 heteroatoms. The van der Waals surface area contributed by atoms with Gasteiger partial charge in [0.15, 0.2) is 0 Å². The van der Waals surface area contributed by atoms with E-state index in [9.17, 15) is 14.4 Å². The summed E-state index contributed by atoms with van der Waals surface area (Å²) in [6.45, 7) is 1.24. The molecule has 0 unspecified atom stereocenters. The molecule has 2 amide bonds. The number of hydrogen-bond acceptors (Lipinski definition) is 4. The fraction of sp³-hybridized carbons (Fsp3) is 0.0909. The minimum Gasteiger partial charge on any atom is -0.306 e. The van der Waals surface area contributed by atoms with Crippen LogP contribution in [0, 0.1) is 0 Å². The molecule has 0 aromatic heterocycles. The molecule has 1 heterocycles. The normalized spacial score (nSPS) is 14.9. The van der Waals surface area contributed by atoms with Crippen LogP contribution in [0.2, 0.25) is 0 Å². The standard InChI is InChI=1S/C11H9N3O3/c1-7(15)12-10-9(16)11(17)14(13-10)8-5-3-2-4-6-8/h2-6H,1H3,(H,12,13,15). The second-order valence-corrected chi connectivity index (χ2v) is 3.41. The van der Waals surface area contributed by atoms with E-state index in [1.165, 1.54) is 6.92 Å². The van der Waals surface area contributed by atoms with E-state index in [0.29, 0.717) is 5.69 Å². The molecule has 0 aliphatic carbocycles. The first-order valence-corrected chi connectivity index (χ1v) is 4.89. The number of amides is 2. The molecule has 0 atom stereocenters. The molecule has 1 aromatic carbocycles. The molecular formula is C11H9N3O3. The highest BCUT2D eigenvalue weighted by Gasteiger charge is 2.35. The molecule has 6 nitrogen and oxygen atoms in total. The zero-order chi connectivity index (χ0) is 12.4. The summed E-state index contributed by atoms with van der Waals surface area (Å²) in [5, 5.41) is 6.97. The van der Waals surface area contributed by atoms with Crippen LogP contribution in [0.3, 0.4) is 0 Å². The smallest absolute Gasteiger partial charge is 0.306 e. The number of amidine groups is 1. The van der Waals surface area contributed by atoms with Crippen LogP contribution in [0.15, 0.2) is 35.4 Å². The Kier molecular flexibility index (Phi) is 2.70. The summed E-state index contributed by atoms with van der Waals surface area (Å²) in [6, 6.07) is 8.51. The van der Waals surface area contributed by atoms with E-state index >= 15 is 0 Å². The van der Waals surface area contributed by atoms with Crippen LogP contribution in [-0.4, -0.2) is 23.4 Å². The Labute approximate surface area is 96.9 Å². The Bertz CT molecular complexity index is 522. The molecule has 0 saturated carbocycles. The number of anilines is 1. The number of ketones is 1. The van der Waals surface area contributed by atoms with Gasteiger partial charge in [-0.05, 0) is 12.1 Å². The number of para-hydroxylation sites is 1. The molecule has 2 rings (SSSR count). The van der Waals surface area contributed by atoms with E-state index < -0.39 is 17.6 Å². The van der Waals surface area contributed by atoms with Crippen LogP contribution in [0.25, 0.3) is 0 Å². The third kappa shape index (κ3) is 2.05. The minimum absolute atomic E-state index is 0.244. The largest absolute Gasteiger partial charge is 0.323 e. The maximum atomic E-state index is 11.6. The average molecular weight is 231 g/mol. The molecule has 1 N–H and O–H groups in total. The van der Waals surface area contributed by atoms with Gasteiger partial charge < -0.3 is 5.32 Å². The number of carbonyl (C=O) groups is 3. The van der Waals surface area contributed by atoms with Gasteiger partial charge in [-0.15, -0.1) is 5.10 Å². The molecule has 86 valence electrons. The van der Waals surface area contributed by atoms with E-state index in [-0.39, 0.29) is 5.84 Å². The lowest BCUT2D eigenvalue weighted by molar-refractivity contribution is -0.131. The van der Waals surface area contributed by atoms with Gasteiger partial charge in [-0.1, -0.05) is 18.2 Å². The maximum Gasteiger partial charge on any atom is 0.323 e. The summed E-state index contributed by atoms with van der Waals surface area (Å²) in [6.07, 6.45) is 0. The molecular weight excluding hydrogens is 222 g/mol.